The summed E-state index contributed by atoms with van der Waals surface area (Å²) < 4.78 is 0. The first-order valence-corrected chi connectivity index (χ1v) is 27.2. The van der Waals surface area contributed by atoms with Gasteiger partial charge in [-0.3, -0.25) is 0 Å². The van der Waals surface area contributed by atoms with Crippen LogP contribution in [0.5, 0.6) is 0 Å². The van der Waals surface area contributed by atoms with E-state index in [-0.39, 0.29) is 0 Å². The third kappa shape index (κ3) is 6.29. The molecule has 0 radical (unpaired) electrons. The van der Waals surface area contributed by atoms with Crippen molar-refractivity contribution in [2.45, 2.75) is 0 Å². The summed E-state index contributed by atoms with van der Waals surface area (Å²) in [5.41, 5.74) is 25.2. The summed E-state index contributed by atoms with van der Waals surface area (Å²) >= 11 is 0. The van der Waals surface area contributed by atoms with Gasteiger partial charge in [0.25, 0.3) is 0 Å². The number of benzene rings is 15. The van der Waals surface area contributed by atoms with Crippen molar-refractivity contribution in [1.82, 2.24) is 0 Å². The number of rotatable bonds is 6. The summed E-state index contributed by atoms with van der Waals surface area (Å²) in [6.45, 7) is 0. The third-order valence-corrected chi connectivity index (χ3v) is 17.3. The first-order valence-electron chi connectivity index (χ1n) is 27.2. The molecule has 2 aliphatic rings. The molecule has 0 nitrogen and oxygen atoms in total. The van der Waals surface area contributed by atoms with E-state index < -0.39 is 0 Å². The average Bonchev–Trinajstić information content (AvgIpc) is 4.25. The van der Waals surface area contributed by atoms with Crippen molar-refractivity contribution in [2.24, 2.45) is 0 Å². The normalized spacial score (nSPS) is 12.1. The Hall–Kier alpha value is -10.1. The predicted octanol–water partition coefficient (Wildman–Crippen LogP) is 21.9. The molecule has 0 amide bonds. The van der Waals surface area contributed by atoms with Crippen molar-refractivity contribution in [3.63, 3.8) is 0 Å². The minimum Gasteiger partial charge on any atom is -0.0622 e. The van der Waals surface area contributed by atoms with E-state index in [1.165, 1.54) is 176 Å². The van der Waals surface area contributed by atoms with Crippen LogP contribution >= 0.6 is 0 Å². The van der Waals surface area contributed by atoms with E-state index in [0.29, 0.717) is 0 Å². The van der Waals surface area contributed by atoms with Crippen LogP contribution in [0.3, 0.4) is 0 Å². The van der Waals surface area contributed by atoms with Gasteiger partial charge in [0.2, 0.25) is 0 Å². The Morgan fingerprint density at radius 3 is 0.885 bits per heavy atom. The molecule has 358 valence electrons. The maximum absolute atomic E-state index is 2.51. The van der Waals surface area contributed by atoms with E-state index in [1.807, 2.05) is 0 Å². The Balaban J connectivity index is 0.945. The largest absolute Gasteiger partial charge is 0.0622 e. The molecule has 0 unspecified atom stereocenters. The van der Waals surface area contributed by atoms with Gasteiger partial charge in [-0.2, -0.15) is 0 Å². The van der Waals surface area contributed by atoms with E-state index >= 15 is 0 Å². The molecule has 78 heavy (non-hydrogen) atoms. The van der Waals surface area contributed by atoms with Gasteiger partial charge in [0.15, 0.2) is 0 Å². The molecule has 0 bridgehead atoms. The lowest BCUT2D eigenvalue weighted by Gasteiger charge is -2.18. The van der Waals surface area contributed by atoms with Gasteiger partial charge >= 0.3 is 0 Å². The zero-order chi connectivity index (χ0) is 51.0. The van der Waals surface area contributed by atoms with Gasteiger partial charge in [0.1, 0.15) is 0 Å². The Bertz CT molecular complexity index is 4710. The molecule has 2 aliphatic carbocycles. The SMILES string of the molecule is c1ccc(-c2ccc3c(c2)c(-c2cccc(-c4cc5c6ccc(-c7ccccc7)c7c6c(cc5c5ccc(-c6ccccc6)cc45)-c4ccccc4-7)c2)cc2c4ccc(-c5ccccc5)c5c4c(cc32)-c2ccccc2-5)cc1. The predicted molar refractivity (Wildman–Crippen MR) is 333 cm³/mol. The summed E-state index contributed by atoms with van der Waals surface area (Å²) in [4.78, 5) is 0. The number of fused-ring (bicyclic) bond motifs is 14. The zero-order valence-electron chi connectivity index (χ0n) is 42.6. The second-order valence-electron chi connectivity index (χ2n) is 21.4. The number of hydrogen-bond acceptors (Lipinski definition) is 0. The minimum absolute atomic E-state index is 1.19. The molecule has 0 saturated carbocycles. The summed E-state index contributed by atoms with van der Waals surface area (Å²) in [5, 5.41) is 15.3. The highest BCUT2D eigenvalue weighted by atomic mass is 14.3. The molecular formula is C78H46. The monoisotopic (exact) mass is 982 g/mol. The van der Waals surface area contributed by atoms with Crippen molar-refractivity contribution in [1.29, 1.82) is 0 Å². The molecule has 0 atom stereocenters. The average molecular weight is 983 g/mol. The fourth-order valence-corrected chi connectivity index (χ4v) is 13.8. The van der Waals surface area contributed by atoms with Crippen molar-refractivity contribution in [3.8, 4) is 111 Å². The summed E-state index contributed by atoms with van der Waals surface area (Å²) in [5.74, 6) is 0. The van der Waals surface area contributed by atoms with Gasteiger partial charge in [0.05, 0.1) is 0 Å². The van der Waals surface area contributed by atoms with Crippen molar-refractivity contribution < 1.29 is 0 Å². The van der Waals surface area contributed by atoms with Crippen LogP contribution in [-0.2, 0) is 0 Å². The van der Waals surface area contributed by atoms with E-state index in [4.69, 9.17) is 0 Å². The standard InChI is InChI=1S/C78H46/c1-5-18-47(19-6-1)51-32-34-59-67(41-51)65(43-71-63-38-36-55(49-22-9-3-10-23-49)75-61-30-15-13-28-57(61)73(77(63)75)45-69(59)71)53-26-17-27-54(40-53)66-44-72-64-39-37-56(50-24-11-4-12-25-50)76-62-31-16-14-29-58(62)74(78(64)76)46-70(72)60-35-33-52(42-68(60)66)48-20-7-2-8-21-48/h1-46H. The van der Waals surface area contributed by atoms with Gasteiger partial charge in [0, 0.05) is 0 Å². The molecule has 15 aromatic carbocycles. The summed E-state index contributed by atoms with van der Waals surface area (Å²) in [6.07, 6.45) is 0. The number of hydrogen-bond donors (Lipinski definition) is 0. The van der Waals surface area contributed by atoms with Crippen molar-refractivity contribution >= 4 is 64.6 Å². The van der Waals surface area contributed by atoms with Gasteiger partial charge in [-0.1, -0.05) is 237 Å². The van der Waals surface area contributed by atoms with Crippen LogP contribution in [0.2, 0.25) is 0 Å². The highest BCUT2D eigenvalue weighted by Gasteiger charge is 2.29. The van der Waals surface area contributed by atoms with E-state index in [1.54, 1.807) is 0 Å². The van der Waals surface area contributed by atoms with Crippen LogP contribution in [-0.4, -0.2) is 0 Å². The molecule has 0 spiro atoms. The molecule has 17 rings (SSSR count). The van der Waals surface area contributed by atoms with Gasteiger partial charge in [-0.15, -0.1) is 0 Å². The summed E-state index contributed by atoms with van der Waals surface area (Å²) in [6, 6.07) is 105. The van der Waals surface area contributed by atoms with E-state index in [2.05, 4.69) is 279 Å². The first kappa shape index (κ1) is 43.1. The second-order valence-corrected chi connectivity index (χ2v) is 21.4. The van der Waals surface area contributed by atoms with E-state index in [0.717, 1.165) is 0 Å². The van der Waals surface area contributed by atoms with Crippen LogP contribution in [0.15, 0.2) is 279 Å². The Kier molecular flexibility index (Phi) is 9.22. The van der Waals surface area contributed by atoms with Crippen LogP contribution in [0.1, 0.15) is 0 Å². The zero-order valence-corrected chi connectivity index (χ0v) is 42.6. The molecule has 15 aromatic rings. The molecule has 0 N–H and O–H groups in total. The second kappa shape index (κ2) is 16.7. The molecule has 0 aliphatic heterocycles. The van der Waals surface area contributed by atoms with Gasteiger partial charge in [-0.25, -0.2) is 0 Å². The van der Waals surface area contributed by atoms with Crippen LogP contribution in [0.25, 0.3) is 176 Å². The Labute approximate surface area is 452 Å². The lowest BCUT2D eigenvalue weighted by molar-refractivity contribution is 1.62. The molecular weight excluding hydrogens is 937 g/mol. The highest BCUT2D eigenvalue weighted by molar-refractivity contribution is 6.32. The molecule has 0 heterocycles. The van der Waals surface area contributed by atoms with Crippen LogP contribution in [0.4, 0.5) is 0 Å². The summed E-state index contributed by atoms with van der Waals surface area (Å²) in [7, 11) is 0. The van der Waals surface area contributed by atoms with Crippen LogP contribution < -0.4 is 0 Å². The maximum atomic E-state index is 2.51. The van der Waals surface area contributed by atoms with Crippen molar-refractivity contribution in [3.05, 3.63) is 279 Å². The lowest BCUT2D eigenvalue weighted by atomic mass is 9.85. The first-order chi connectivity index (χ1) is 38.7. The molecule has 0 fully saturated rings. The molecule has 0 saturated heterocycles. The van der Waals surface area contributed by atoms with Gasteiger partial charge < -0.3 is 0 Å². The fourth-order valence-electron chi connectivity index (χ4n) is 13.8. The third-order valence-electron chi connectivity index (χ3n) is 17.3. The fraction of sp³-hybridized carbons (Fsp3) is 0. The topological polar surface area (TPSA) is 0 Å². The maximum Gasteiger partial charge on any atom is -0.00137 e. The van der Waals surface area contributed by atoms with E-state index in [9.17, 15) is 0 Å². The smallest absolute Gasteiger partial charge is 0.00137 e. The highest BCUT2D eigenvalue weighted by Crippen LogP contribution is 2.56. The molecule has 0 aromatic heterocycles. The Morgan fingerprint density at radius 2 is 0.462 bits per heavy atom. The lowest BCUT2D eigenvalue weighted by Crippen LogP contribution is -1.91. The van der Waals surface area contributed by atoms with Gasteiger partial charge in [-0.05, 0) is 218 Å². The quantitative estimate of drug-likeness (QED) is 0.146. The Morgan fingerprint density at radius 1 is 0.128 bits per heavy atom. The van der Waals surface area contributed by atoms with Crippen molar-refractivity contribution in [2.75, 3.05) is 0 Å². The minimum atomic E-state index is 1.19. The molecule has 0 heteroatoms. The van der Waals surface area contributed by atoms with Crippen LogP contribution in [0, 0.1) is 0 Å².